The van der Waals surface area contributed by atoms with E-state index in [2.05, 4.69) is 15.4 Å². The summed E-state index contributed by atoms with van der Waals surface area (Å²) in [7, 11) is 0. The van der Waals surface area contributed by atoms with Crippen LogP contribution in [0.25, 0.3) is 10.9 Å². The fraction of sp³-hybridized carbons (Fsp3) is 0.200. The number of nitrogen functional groups attached to an aromatic ring is 1. The number of aryl methyl sites for hydroxylation is 1. The van der Waals surface area contributed by atoms with E-state index in [1.807, 2.05) is 41.2 Å². The molecule has 3 rings (SSSR count). The number of anilines is 2. The van der Waals surface area contributed by atoms with E-state index in [1.54, 1.807) is 12.4 Å². The van der Waals surface area contributed by atoms with Crippen LogP contribution in [0.2, 0.25) is 0 Å². The number of hydrogen-bond donors (Lipinski definition) is 2. The summed E-state index contributed by atoms with van der Waals surface area (Å²) in [4.78, 5) is 4.33. The zero-order valence-electron chi connectivity index (χ0n) is 11.2. The Morgan fingerprint density at radius 1 is 1.15 bits per heavy atom. The van der Waals surface area contributed by atoms with Crippen molar-refractivity contribution in [1.82, 2.24) is 14.8 Å². The minimum absolute atomic E-state index is 0.711. The van der Waals surface area contributed by atoms with Crippen molar-refractivity contribution in [3.8, 4) is 0 Å². The third kappa shape index (κ3) is 2.56. The Morgan fingerprint density at radius 3 is 2.95 bits per heavy atom. The third-order valence-corrected chi connectivity index (χ3v) is 3.24. The van der Waals surface area contributed by atoms with Crippen LogP contribution in [0.5, 0.6) is 0 Å². The van der Waals surface area contributed by atoms with Gasteiger partial charge in [-0.25, -0.2) is 0 Å². The molecule has 0 fully saturated rings. The predicted molar refractivity (Wildman–Crippen MR) is 81.5 cm³/mol. The maximum absolute atomic E-state index is 5.94. The Bertz CT molecular complexity index is 691. The Balaban J connectivity index is 1.67. The Labute approximate surface area is 117 Å². The van der Waals surface area contributed by atoms with E-state index in [4.69, 9.17) is 5.73 Å². The van der Waals surface area contributed by atoms with Gasteiger partial charge in [0.1, 0.15) is 0 Å². The number of fused-ring (bicyclic) bond motifs is 1. The van der Waals surface area contributed by atoms with E-state index in [0.717, 1.165) is 36.1 Å². The van der Waals surface area contributed by atoms with Crippen molar-refractivity contribution in [2.24, 2.45) is 0 Å². The second kappa shape index (κ2) is 5.61. The molecule has 20 heavy (non-hydrogen) atoms. The van der Waals surface area contributed by atoms with Gasteiger partial charge in [-0.1, -0.05) is 12.1 Å². The van der Waals surface area contributed by atoms with E-state index in [-0.39, 0.29) is 0 Å². The summed E-state index contributed by atoms with van der Waals surface area (Å²) >= 11 is 0. The van der Waals surface area contributed by atoms with Gasteiger partial charge in [0.2, 0.25) is 0 Å². The largest absolute Gasteiger partial charge is 0.397 e. The average Bonchev–Trinajstić information content (AvgIpc) is 2.98. The van der Waals surface area contributed by atoms with Gasteiger partial charge < -0.3 is 11.1 Å². The molecule has 0 aliphatic carbocycles. The molecule has 0 aliphatic heterocycles. The lowest BCUT2D eigenvalue weighted by Crippen LogP contribution is -2.07. The predicted octanol–water partition coefficient (Wildman–Crippen LogP) is 2.52. The fourth-order valence-corrected chi connectivity index (χ4v) is 2.25. The van der Waals surface area contributed by atoms with E-state index < -0.39 is 0 Å². The summed E-state index contributed by atoms with van der Waals surface area (Å²) in [5.41, 5.74) is 8.58. The first-order chi connectivity index (χ1) is 9.84. The maximum Gasteiger partial charge on any atom is 0.0951 e. The van der Waals surface area contributed by atoms with Gasteiger partial charge in [-0.2, -0.15) is 5.10 Å². The van der Waals surface area contributed by atoms with Gasteiger partial charge in [-0.15, -0.1) is 0 Å². The van der Waals surface area contributed by atoms with Crippen LogP contribution in [0.1, 0.15) is 6.42 Å². The van der Waals surface area contributed by atoms with Crippen molar-refractivity contribution >= 4 is 22.3 Å². The standard InChI is InChI=1S/C15H17N5/c16-13-5-1-4-12-14(6-9-18-15(12)13)17-7-2-10-20-11-3-8-19-20/h1,3-6,8-9,11H,2,7,10,16H2,(H,17,18). The molecule has 2 aromatic heterocycles. The van der Waals surface area contributed by atoms with Crippen LogP contribution in [-0.4, -0.2) is 21.3 Å². The summed E-state index contributed by atoms with van der Waals surface area (Å²) in [6, 6.07) is 9.78. The molecular weight excluding hydrogens is 250 g/mol. The first-order valence-corrected chi connectivity index (χ1v) is 6.69. The Hall–Kier alpha value is -2.56. The van der Waals surface area contributed by atoms with Crippen molar-refractivity contribution < 1.29 is 0 Å². The van der Waals surface area contributed by atoms with Crippen molar-refractivity contribution in [2.75, 3.05) is 17.6 Å². The first kappa shape index (κ1) is 12.5. The summed E-state index contributed by atoms with van der Waals surface area (Å²) in [5.74, 6) is 0. The molecule has 1 aromatic carbocycles. The SMILES string of the molecule is Nc1cccc2c(NCCCn3cccn3)ccnc12. The van der Waals surface area contributed by atoms with Gasteiger partial charge in [0.15, 0.2) is 0 Å². The highest BCUT2D eigenvalue weighted by atomic mass is 15.3. The second-order valence-corrected chi connectivity index (χ2v) is 4.65. The Morgan fingerprint density at radius 2 is 2.10 bits per heavy atom. The average molecular weight is 267 g/mol. The smallest absolute Gasteiger partial charge is 0.0951 e. The lowest BCUT2D eigenvalue weighted by atomic mass is 10.1. The van der Waals surface area contributed by atoms with Gasteiger partial charge in [0.05, 0.1) is 11.2 Å². The van der Waals surface area contributed by atoms with E-state index in [9.17, 15) is 0 Å². The molecule has 0 radical (unpaired) electrons. The normalized spacial score (nSPS) is 10.8. The number of hydrogen-bond acceptors (Lipinski definition) is 4. The van der Waals surface area contributed by atoms with E-state index >= 15 is 0 Å². The monoisotopic (exact) mass is 267 g/mol. The van der Waals surface area contributed by atoms with Crippen LogP contribution >= 0.6 is 0 Å². The van der Waals surface area contributed by atoms with Crippen LogP contribution in [0.15, 0.2) is 48.9 Å². The quantitative estimate of drug-likeness (QED) is 0.550. The van der Waals surface area contributed by atoms with E-state index in [0.29, 0.717) is 5.69 Å². The number of nitrogens with two attached hydrogens (primary N) is 1. The molecule has 0 saturated heterocycles. The minimum Gasteiger partial charge on any atom is -0.397 e. The molecule has 0 unspecified atom stereocenters. The second-order valence-electron chi connectivity index (χ2n) is 4.65. The fourth-order valence-electron chi connectivity index (χ4n) is 2.25. The number of pyridine rings is 1. The van der Waals surface area contributed by atoms with Crippen LogP contribution < -0.4 is 11.1 Å². The van der Waals surface area contributed by atoms with Gasteiger partial charge >= 0.3 is 0 Å². The van der Waals surface area contributed by atoms with Gasteiger partial charge in [0.25, 0.3) is 0 Å². The molecule has 3 aromatic rings. The molecule has 5 heteroatoms. The molecule has 0 bridgehead atoms. The molecule has 0 amide bonds. The number of aromatic nitrogens is 3. The highest BCUT2D eigenvalue weighted by Gasteiger charge is 2.03. The van der Waals surface area contributed by atoms with Gasteiger partial charge in [0, 0.05) is 42.8 Å². The molecule has 5 nitrogen and oxygen atoms in total. The summed E-state index contributed by atoms with van der Waals surface area (Å²) in [5, 5.41) is 8.69. The molecule has 102 valence electrons. The summed E-state index contributed by atoms with van der Waals surface area (Å²) in [6.45, 7) is 1.79. The van der Waals surface area contributed by atoms with Crippen molar-refractivity contribution in [2.45, 2.75) is 13.0 Å². The number of para-hydroxylation sites is 1. The van der Waals surface area contributed by atoms with E-state index in [1.165, 1.54) is 0 Å². The molecule has 0 saturated carbocycles. The zero-order valence-corrected chi connectivity index (χ0v) is 11.2. The Kier molecular flexibility index (Phi) is 3.50. The van der Waals surface area contributed by atoms with Gasteiger partial charge in [-0.3, -0.25) is 9.67 Å². The first-order valence-electron chi connectivity index (χ1n) is 6.69. The molecule has 0 atom stereocenters. The molecule has 0 spiro atoms. The van der Waals surface area contributed by atoms with Crippen LogP contribution in [0, 0.1) is 0 Å². The summed E-state index contributed by atoms with van der Waals surface area (Å²) < 4.78 is 1.93. The van der Waals surface area contributed by atoms with Crippen LogP contribution in [0.3, 0.4) is 0 Å². The molecule has 2 heterocycles. The third-order valence-electron chi connectivity index (χ3n) is 3.24. The highest BCUT2D eigenvalue weighted by molar-refractivity contribution is 5.97. The number of benzene rings is 1. The number of nitrogens with zero attached hydrogens (tertiary/aromatic N) is 3. The maximum atomic E-state index is 5.94. The van der Waals surface area contributed by atoms with Crippen LogP contribution in [-0.2, 0) is 6.54 Å². The lowest BCUT2D eigenvalue weighted by molar-refractivity contribution is 0.592. The van der Waals surface area contributed by atoms with Crippen molar-refractivity contribution in [3.05, 3.63) is 48.9 Å². The summed E-state index contributed by atoms with van der Waals surface area (Å²) in [6.07, 6.45) is 6.57. The molecule has 0 aliphatic rings. The molecule has 3 N–H and O–H groups in total. The zero-order chi connectivity index (χ0) is 13.8. The lowest BCUT2D eigenvalue weighted by Gasteiger charge is -2.10. The molecular formula is C15H17N5. The van der Waals surface area contributed by atoms with Gasteiger partial charge in [-0.05, 0) is 24.6 Å². The van der Waals surface area contributed by atoms with Crippen LogP contribution in [0.4, 0.5) is 11.4 Å². The van der Waals surface area contributed by atoms with Crippen molar-refractivity contribution in [1.29, 1.82) is 0 Å². The topological polar surface area (TPSA) is 68.8 Å². The minimum atomic E-state index is 0.711. The number of rotatable bonds is 5. The highest BCUT2D eigenvalue weighted by Crippen LogP contribution is 2.25. The van der Waals surface area contributed by atoms with Crippen molar-refractivity contribution in [3.63, 3.8) is 0 Å². The number of nitrogens with one attached hydrogen (secondary N) is 1.